The average Bonchev–Trinajstić information content (AvgIpc) is 2.81. The highest BCUT2D eigenvalue weighted by Crippen LogP contribution is 2.33. The van der Waals surface area contributed by atoms with Crippen molar-refractivity contribution in [3.63, 3.8) is 0 Å². The van der Waals surface area contributed by atoms with Crippen LogP contribution >= 0.6 is 0 Å². The zero-order valence-corrected chi connectivity index (χ0v) is 17.9. The lowest BCUT2D eigenvalue weighted by Gasteiger charge is -2.29. The molecule has 5 nitrogen and oxygen atoms in total. The molecule has 1 saturated carbocycles. The van der Waals surface area contributed by atoms with Crippen LogP contribution in [0.5, 0.6) is 0 Å². The molecule has 1 unspecified atom stereocenters. The van der Waals surface area contributed by atoms with Gasteiger partial charge in [0.25, 0.3) is 0 Å². The summed E-state index contributed by atoms with van der Waals surface area (Å²) in [6, 6.07) is 19.0. The molecule has 1 aliphatic carbocycles. The fourth-order valence-corrected chi connectivity index (χ4v) is 4.56. The van der Waals surface area contributed by atoms with Gasteiger partial charge in [-0.15, -0.1) is 0 Å². The Labute approximate surface area is 184 Å². The summed E-state index contributed by atoms with van der Waals surface area (Å²) in [5.41, 5.74) is 8.35. The highest BCUT2D eigenvalue weighted by molar-refractivity contribution is 5.87. The number of nitriles is 1. The Balaban J connectivity index is 1.75. The van der Waals surface area contributed by atoms with Gasteiger partial charge in [0.2, 0.25) is 11.8 Å². The first kappa shape index (κ1) is 22.6. The van der Waals surface area contributed by atoms with E-state index in [0.717, 1.165) is 24.0 Å². The standard InChI is InChI=1S/C26H31N3O2/c27-17-21-11-13-22(14-12-21)18-29-26(31)24(16-20-9-5-2-6-10-20)23(25(28)30)15-19-7-3-1-4-8-19/h2,5-6,9-14,19,23-24H,1,3-4,7-8,15-16,18H2,(H2,28,30)(H,29,31)/t23?,24-/m0/s1. The maximum Gasteiger partial charge on any atom is 0.224 e. The fourth-order valence-electron chi connectivity index (χ4n) is 4.56. The summed E-state index contributed by atoms with van der Waals surface area (Å²) in [6.45, 7) is 0.352. The van der Waals surface area contributed by atoms with Crippen molar-refractivity contribution >= 4 is 11.8 Å². The summed E-state index contributed by atoms with van der Waals surface area (Å²) in [4.78, 5) is 25.7. The van der Waals surface area contributed by atoms with Crippen LogP contribution in [0.4, 0.5) is 0 Å². The number of amides is 2. The molecule has 0 saturated heterocycles. The maximum atomic E-state index is 13.3. The largest absolute Gasteiger partial charge is 0.369 e. The maximum absolute atomic E-state index is 13.3. The van der Waals surface area contributed by atoms with Crippen molar-refractivity contribution in [1.29, 1.82) is 5.26 Å². The molecule has 5 heteroatoms. The lowest BCUT2D eigenvalue weighted by atomic mass is 9.76. The van der Waals surface area contributed by atoms with Gasteiger partial charge in [-0.2, -0.15) is 5.26 Å². The smallest absolute Gasteiger partial charge is 0.224 e. The van der Waals surface area contributed by atoms with Crippen molar-refractivity contribution in [1.82, 2.24) is 5.32 Å². The first-order valence-electron chi connectivity index (χ1n) is 11.2. The zero-order chi connectivity index (χ0) is 22.1. The highest BCUT2D eigenvalue weighted by atomic mass is 16.2. The Kier molecular flexibility index (Phi) is 8.23. The second-order valence-corrected chi connectivity index (χ2v) is 8.57. The average molecular weight is 418 g/mol. The van der Waals surface area contributed by atoms with Crippen molar-refractivity contribution in [3.05, 3.63) is 71.3 Å². The van der Waals surface area contributed by atoms with E-state index < -0.39 is 11.8 Å². The number of primary amides is 1. The lowest BCUT2D eigenvalue weighted by molar-refractivity contribution is -0.134. The van der Waals surface area contributed by atoms with E-state index in [9.17, 15) is 9.59 Å². The van der Waals surface area contributed by atoms with Crippen LogP contribution in [0.15, 0.2) is 54.6 Å². The number of hydrogen-bond donors (Lipinski definition) is 2. The molecular formula is C26H31N3O2. The van der Waals surface area contributed by atoms with Crippen LogP contribution < -0.4 is 11.1 Å². The van der Waals surface area contributed by atoms with Crippen molar-refractivity contribution in [2.24, 2.45) is 23.5 Å². The SMILES string of the molecule is N#Cc1ccc(CNC(=O)[C@@H](Cc2ccccc2)C(CC2CCCCC2)C(N)=O)cc1. The summed E-state index contributed by atoms with van der Waals surface area (Å²) in [5.74, 6) is -1.06. The number of benzene rings is 2. The minimum absolute atomic E-state index is 0.146. The third-order valence-corrected chi connectivity index (χ3v) is 6.35. The summed E-state index contributed by atoms with van der Waals surface area (Å²) in [7, 11) is 0. The Morgan fingerprint density at radius 1 is 0.968 bits per heavy atom. The number of carbonyl (C=O) groups is 2. The zero-order valence-electron chi connectivity index (χ0n) is 17.9. The quantitative estimate of drug-likeness (QED) is 0.643. The number of rotatable bonds is 9. The predicted octanol–water partition coefficient (Wildman–Crippen LogP) is 4.11. The van der Waals surface area contributed by atoms with Gasteiger partial charge in [-0.3, -0.25) is 9.59 Å². The molecule has 3 rings (SSSR count). The summed E-state index contributed by atoms with van der Waals surface area (Å²) in [5, 5.41) is 11.9. The van der Waals surface area contributed by atoms with E-state index >= 15 is 0 Å². The van der Waals surface area contributed by atoms with Crippen molar-refractivity contribution in [2.45, 2.75) is 51.5 Å². The van der Waals surface area contributed by atoms with Crippen molar-refractivity contribution in [2.75, 3.05) is 0 Å². The second kappa shape index (κ2) is 11.3. The van der Waals surface area contributed by atoms with E-state index in [1.165, 1.54) is 19.3 Å². The van der Waals surface area contributed by atoms with Gasteiger partial charge in [-0.25, -0.2) is 0 Å². The predicted molar refractivity (Wildman–Crippen MR) is 121 cm³/mol. The van der Waals surface area contributed by atoms with E-state index in [0.29, 0.717) is 30.9 Å². The number of nitrogens with one attached hydrogen (secondary N) is 1. The molecular weight excluding hydrogens is 386 g/mol. The van der Waals surface area contributed by atoms with E-state index in [-0.39, 0.29) is 11.8 Å². The van der Waals surface area contributed by atoms with E-state index in [2.05, 4.69) is 11.4 Å². The number of nitrogens with two attached hydrogens (primary N) is 1. The highest BCUT2D eigenvalue weighted by Gasteiger charge is 2.34. The van der Waals surface area contributed by atoms with Crippen LogP contribution in [0.3, 0.4) is 0 Å². The van der Waals surface area contributed by atoms with Crippen LogP contribution in [-0.4, -0.2) is 11.8 Å². The Morgan fingerprint density at radius 3 is 2.26 bits per heavy atom. The Morgan fingerprint density at radius 2 is 1.65 bits per heavy atom. The molecule has 3 N–H and O–H groups in total. The number of hydrogen-bond acceptors (Lipinski definition) is 3. The molecule has 1 fully saturated rings. The third kappa shape index (κ3) is 6.68. The van der Waals surface area contributed by atoms with Gasteiger partial charge in [-0.1, -0.05) is 74.6 Å². The molecule has 0 spiro atoms. The molecule has 0 aliphatic heterocycles. The monoisotopic (exact) mass is 417 g/mol. The van der Waals surface area contributed by atoms with Crippen molar-refractivity contribution < 1.29 is 9.59 Å². The molecule has 0 aromatic heterocycles. The molecule has 0 bridgehead atoms. The van der Waals surface area contributed by atoms with Gasteiger partial charge in [0.15, 0.2) is 0 Å². The van der Waals surface area contributed by atoms with E-state index in [4.69, 9.17) is 11.0 Å². The molecule has 1 aliphatic rings. The molecule has 2 aromatic rings. The fraction of sp³-hybridized carbons (Fsp3) is 0.423. The first-order chi connectivity index (χ1) is 15.1. The minimum Gasteiger partial charge on any atom is -0.369 e. The van der Waals surface area contributed by atoms with E-state index in [1.807, 2.05) is 42.5 Å². The summed E-state index contributed by atoms with van der Waals surface area (Å²) >= 11 is 0. The van der Waals surface area contributed by atoms with Gasteiger partial charge in [0.1, 0.15) is 0 Å². The van der Waals surface area contributed by atoms with Crippen LogP contribution in [-0.2, 0) is 22.6 Å². The summed E-state index contributed by atoms with van der Waals surface area (Å²) < 4.78 is 0. The van der Waals surface area contributed by atoms with Crippen LogP contribution in [0.1, 0.15) is 55.2 Å². The Hall–Kier alpha value is -3.13. The van der Waals surface area contributed by atoms with Crippen LogP contribution in [0, 0.1) is 29.1 Å². The third-order valence-electron chi connectivity index (χ3n) is 6.35. The van der Waals surface area contributed by atoms with Crippen LogP contribution in [0.2, 0.25) is 0 Å². The van der Waals surface area contributed by atoms with Crippen LogP contribution in [0.25, 0.3) is 0 Å². The van der Waals surface area contributed by atoms with Gasteiger partial charge >= 0.3 is 0 Å². The van der Waals surface area contributed by atoms with Gasteiger partial charge < -0.3 is 11.1 Å². The van der Waals surface area contributed by atoms with Gasteiger partial charge in [0, 0.05) is 12.5 Å². The number of carbonyl (C=O) groups excluding carboxylic acids is 2. The molecule has 2 aromatic carbocycles. The number of nitrogens with zero attached hydrogens (tertiary/aromatic N) is 1. The molecule has 0 heterocycles. The lowest BCUT2D eigenvalue weighted by Crippen LogP contribution is -2.42. The van der Waals surface area contributed by atoms with Gasteiger partial charge in [-0.05, 0) is 42.0 Å². The molecule has 2 amide bonds. The van der Waals surface area contributed by atoms with Gasteiger partial charge in [0.05, 0.1) is 17.6 Å². The molecule has 2 atom stereocenters. The molecule has 31 heavy (non-hydrogen) atoms. The molecule has 162 valence electrons. The minimum atomic E-state index is -0.500. The van der Waals surface area contributed by atoms with Crippen molar-refractivity contribution in [3.8, 4) is 6.07 Å². The first-order valence-corrected chi connectivity index (χ1v) is 11.2. The topological polar surface area (TPSA) is 96.0 Å². The van der Waals surface area contributed by atoms with E-state index in [1.54, 1.807) is 12.1 Å². The normalized spacial score (nSPS) is 16.1. The molecule has 0 radical (unpaired) electrons. The summed E-state index contributed by atoms with van der Waals surface area (Å²) in [6.07, 6.45) is 6.99. The Bertz CT molecular complexity index is 896. The second-order valence-electron chi connectivity index (χ2n) is 8.57.